The van der Waals surface area contributed by atoms with Crippen molar-refractivity contribution in [3.63, 3.8) is 0 Å². The van der Waals surface area contributed by atoms with Crippen LogP contribution in [0.4, 0.5) is 17.6 Å². The summed E-state index contributed by atoms with van der Waals surface area (Å²) in [5.41, 5.74) is 1.67. The SMILES string of the molecule is Fc1c(F)c(F)c2c3c(ccc2c1F)OCc1ccc2ccccc2c1-3. The molecule has 4 aromatic rings. The standard InChI is InChI=1S/C21H10F4O/c22-18-13-7-8-14-17(16(13)19(23)21(25)20(18)24)15-11(9-26-14)6-5-10-3-1-2-4-12(10)15/h1-8H,9H2. The Hall–Kier alpha value is -3.08. The average molecular weight is 354 g/mol. The summed E-state index contributed by atoms with van der Waals surface area (Å²) < 4.78 is 62.3. The van der Waals surface area contributed by atoms with Gasteiger partial charge in [0.05, 0.1) is 0 Å². The van der Waals surface area contributed by atoms with Crippen LogP contribution in [0.1, 0.15) is 5.56 Å². The van der Waals surface area contributed by atoms with E-state index in [2.05, 4.69) is 0 Å². The van der Waals surface area contributed by atoms with Crippen LogP contribution in [0.15, 0.2) is 48.5 Å². The summed E-state index contributed by atoms with van der Waals surface area (Å²) in [6.07, 6.45) is 0. The third kappa shape index (κ3) is 1.85. The van der Waals surface area contributed by atoms with Crippen LogP contribution in [0.25, 0.3) is 32.7 Å². The minimum Gasteiger partial charge on any atom is -0.488 e. The van der Waals surface area contributed by atoms with Gasteiger partial charge in [0.1, 0.15) is 12.4 Å². The maximum atomic E-state index is 14.7. The molecule has 1 nitrogen and oxygen atoms in total. The van der Waals surface area contributed by atoms with Crippen LogP contribution in [0.3, 0.4) is 0 Å². The van der Waals surface area contributed by atoms with E-state index in [9.17, 15) is 17.6 Å². The van der Waals surface area contributed by atoms with Gasteiger partial charge in [0, 0.05) is 21.9 Å². The van der Waals surface area contributed by atoms with E-state index in [1.54, 1.807) is 0 Å². The largest absolute Gasteiger partial charge is 0.488 e. The highest BCUT2D eigenvalue weighted by Crippen LogP contribution is 2.47. The molecule has 5 rings (SSSR count). The van der Waals surface area contributed by atoms with Gasteiger partial charge >= 0.3 is 0 Å². The van der Waals surface area contributed by atoms with Gasteiger partial charge in [0.2, 0.25) is 0 Å². The summed E-state index contributed by atoms with van der Waals surface area (Å²) in [6, 6.07) is 13.9. The quantitative estimate of drug-likeness (QED) is 0.210. The van der Waals surface area contributed by atoms with Gasteiger partial charge in [-0.15, -0.1) is 0 Å². The summed E-state index contributed by atoms with van der Waals surface area (Å²) in [4.78, 5) is 0. The molecule has 0 amide bonds. The molecule has 0 aliphatic carbocycles. The van der Waals surface area contributed by atoms with Gasteiger partial charge in [-0.2, -0.15) is 0 Å². The monoisotopic (exact) mass is 354 g/mol. The van der Waals surface area contributed by atoms with Crippen molar-refractivity contribution in [2.24, 2.45) is 0 Å². The number of rotatable bonds is 0. The number of fused-ring (bicyclic) bond motifs is 7. The normalized spacial score (nSPS) is 12.8. The molecule has 0 saturated heterocycles. The predicted molar refractivity (Wildman–Crippen MR) is 91.1 cm³/mol. The Morgan fingerprint density at radius 1 is 0.654 bits per heavy atom. The van der Waals surface area contributed by atoms with E-state index in [1.165, 1.54) is 12.1 Å². The molecule has 128 valence electrons. The molecule has 0 aromatic heterocycles. The summed E-state index contributed by atoms with van der Waals surface area (Å²) in [5.74, 6) is -6.15. The Bertz CT molecular complexity index is 1230. The summed E-state index contributed by atoms with van der Waals surface area (Å²) in [5, 5.41) is 1.09. The van der Waals surface area contributed by atoms with Crippen LogP contribution in [0, 0.1) is 23.3 Å². The molecule has 26 heavy (non-hydrogen) atoms. The number of halogens is 4. The van der Waals surface area contributed by atoms with E-state index in [4.69, 9.17) is 4.74 Å². The molecule has 1 aliphatic rings. The average Bonchev–Trinajstić information content (AvgIpc) is 2.69. The van der Waals surface area contributed by atoms with E-state index in [-0.39, 0.29) is 22.9 Å². The number of ether oxygens (including phenoxy) is 1. The van der Waals surface area contributed by atoms with Gasteiger partial charge in [-0.25, -0.2) is 17.6 Å². The van der Waals surface area contributed by atoms with E-state index in [1.807, 2.05) is 36.4 Å². The van der Waals surface area contributed by atoms with Crippen molar-refractivity contribution in [3.05, 3.63) is 77.4 Å². The Morgan fingerprint density at radius 2 is 1.42 bits per heavy atom. The summed E-state index contributed by atoms with van der Waals surface area (Å²) in [6.45, 7) is 0.256. The van der Waals surface area contributed by atoms with Crippen molar-refractivity contribution in [2.75, 3.05) is 0 Å². The second-order valence-electron chi connectivity index (χ2n) is 6.23. The van der Waals surface area contributed by atoms with Gasteiger partial charge in [-0.3, -0.25) is 0 Å². The zero-order valence-corrected chi connectivity index (χ0v) is 13.2. The number of hydrogen-bond acceptors (Lipinski definition) is 1. The minimum atomic E-state index is -1.82. The first-order chi connectivity index (χ1) is 12.6. The van der Waals surface area contributed by atoms with Gasteiger partial charge < -0.3 is 4.74 Å². The molecule has 0 saturated carbocycles. The molecule has 1 heterocycles. The molecule has 0 spiro atoms. The molecule has 0 fully saturated rings. The second-order valence-corrected chi connectivity index (χ2v) is 6.23. The van der Waals surface area contributed by atoms with E-state index in [0.717, 1.165) is 16.3 Å². The van der Waals surface area contributed by atoms with Crippen LogP contribution in [0.5, 0.6) is 5.75 Å². The third-order valence-electron chi connectivity index (χ3n) is 4.85. The van der Waals surface area contributed by atoms with Crippen LogP contribution < -0.4 is 4.74 Å². The van der Waals surface area contributed by atoms with Gasteiger partial charge in [-0.05, 0) is 28.5 Å². The maximum absolute atomic E-state index is 14.7. The van der Waals surface area contributed by atoms with E-state index < -0.39 is 23.3 Å². The fourth-order valence-corrected chi connectivity index (χ4v) is 3.67. The van der Waals surface area contributed by atoms with Crippen LogP contribution in [-0.2, 0) is 6.61 Å². The topological polar surface area (TPSA) is 9.23 Å². The lowest BCUT2D eigenvalue weighted by atomic mass is 9.88. The lowest BCUT2D eigenvalue weighted by Crippen LogP contribution is -2.08. The van der Waals surface area contributed by atoms with Crippen LogP contribution in [0.2, 0.25) is 0 Å². The highest BCUT2D eigenvalue weighted by molar-refractivity contribution is 6.09. The molecule has 1 aliphatic heterocycles. The molecule has 5 heteroatoms. The summed E-state index contributed by atoms with van der Waals surface area (Å²) in [7, 11) is 0. The van der Waals surface area contributed by atoms with Crippen molar-refractivity contribution in [3.8, 4) is 16.9 Å². The van der Waals surface area contributed by atoms with Crippen molar-refractivity contribution < 1.29 is 22.3 Å². The minimum absolute atomic E-state index is 0.246. The van der Waals surface area contributed by atoms with Gasteiger partial charge in [-0.1, -0.05) is 36.4 Å². The Morgan fingerprint density at radius 3 is 2.27 bits per heavy atom. The first-order valence-electron chi connectivity index (χ1n) is 8.00. The van der Waals surface area contributed by atoms with Crippen molar-refractivity contribution >= 4 is 21.5 Å². The Kier molecular flexibility index (Phi) is 3.04. The van der Waals surface area contributed by atoms with Crippen LogP contribution in [-0.4, -0.2) is 0 Å². The molecule has 0 radical (unpaired) electrons. The fourth-order valence-electron chi connectivity index (χ4n) is 3.67. The molecule has 0 bridgehead atoms. The lowest BCUT2D eigenvalue weighted by molar-refractivity contribution is 0.303. The zero-order chi connectivity index (χ0) is 18.0. The van der Waals surface area contributed by atoms with Crippen molar-refractivity contribution in [1.29, 1.82) is 0 Å². The first kappa shape index (κ1) is 15.2. The molecule has 0 unspecified atom stereocenters. The van der Waals surface area contributed by atoms with E-state index in [0.29, 0.717) is 11.3 Å². The Balaban J connectivity index is 2.04. The molecule has 0 atom stereocenters. The Labute approximate surface area is 145 Å². The summed E-state index contributed by atoms with van der Waals surface area (Å²) >= 11 is 0. The highest BCUT2D eigenvalue weighted by Gasteiger charge is 2.28. The highest BCUT2D eigenvalue weighted by atomic mass is 19.2. The maximum Gasteiger partial charge on any atom is 0.198 e. The van der Waals surface area contributed by atoms with E-state index >= 15 is 0 Å². The molecular weight excluding hydrogens is 344 g/mol. The lowest BCUT2D eigenvalue weighted by Gasteiger charge is -2.24. The number of benzene rings is 4. The van der Waals surface area contributed by atoms with Crippen molar-refractivity contribution in [1.82, 2.24) is 0 Å². The van der Waals surface area contributed by atoms with Gasteiger partial charge in [0.15, 0.2) is 23.3 Å². The first-order valence-corrected chi connectivity index (χ1v) is 8.00. The third-order valence-corrected chi connectivity index (χ3v) is 4.85. The van der Waals surface area contributed by atoms with Crippen molar-refractivity contribution in [2.45, 2.75) is 6.61 Å². The van der Waals surface area contributed by atoms with Crippen LogP contribution >= 0.6 is 0 Å². The molecule has 4 aromatic carbocycles. The smallest absolute Gasteiger partial charge is 0.198 e. The zero-order valence-electron chi connectivity index (χ0n) is 13.2. The molecule has 0 N–H and O–H groups in total. The predicted octanol–water partition coefficient (Wildman–Crippen LogP) is 6.11. The fraction of sp³-hybridized carbons (Fsp3) is 0.0476. The second kappa shape index (κ2) is 5.21. The van der Waals surface area contributed by atoms with Gasteiger partial charge in [0.25, 0.3) is 0 Å². The number of hydrogen-bond donors (Lipinski definition) is 0. The molecular formula is C21H10F4O.